The summed E-state index contributed by atoms with van der Waals surface area (Å²) in [6.45, 7) is 1.93. The Morgan fingerprint density at radius 3 is 2.85 bits per heavy atom. The Bertz CT molecular complexity index is 656. The van der Waals surface area contributed by atoms with Crippen molar-refractivity contribution in [2.75, 3.05) is 6.54 Å². The molecule has 0 radical (unpaired) electrons. The summed E-state index contributed by atoms with van der Waals surface area (Å²) < 4.78 is 0. The van der Waals surface area contributed by atoms with Gasteiger partial charge in [0.25, 0.3) is 5.91 Å². The molecule has 1 aromatic carbocycles. The summed E-state index contributed by atoms with van der Waals surface area (Å²) in [7, 11) is 0. The van der Waals surface area contributed by atoms with E-state index in [9.17, 15) is 15.0 Å². The molecular formula is C14H13N3O3. The zero-order chi connectivity index (χ0) is 14.7. The fourth-order valence-electron chi connectivity index (χ4n) is 1.86. The van der Waals surface area contributed by atoms with Gasteiger partial charge < -0.3 is 10.2 Å². The summed E-state index contributed by atoms with van der Waals surface area (Å²) in [5, 5.41) is 32.8. The molecule has 0 atom stereocenters. The first-order valence-electron chi connectivity index (χ1n) is 6.01. The normalized spacial score (nSPS) is 16.4. The standard InChI is InChI=1S/C14H13N3O3/c1-9-12(14(20)17(16-9)6-2-5-15)7-10-3-4-11(18)8-13(10)19/h3-4,7-8,18-19H,2,6H2,1H3/b12-7-. The summed E-state index contributed by atoms with van der Waals surface area (Å²) in [6, 6.07) is 6.09. The Morgan fingerprint density at radius 2 is 2.20 bits per heavy atom. The van der Waals surface area contributed by atoms with Crippen molar-refractivity contribution in [1.82, 2.24) is 5.01 Å². The van der Waals surface area contributed by atoms with E-state index in [1.165, 1.54) is 29.3 Å². The lowest BCUT2D eigenvalue weighted by molar-refractivity contribution is -0.125. The molecule has 0 bridgehead atoms. The number of benzene rings is 1. The molecule has 0 saturated carbocycles. The summed E-state index contributed by atoms with van der Waals surface area (Å²) in [4.78, 5) is 12.1. The highest BCUT2D eigenvalue weighted by atomic mass is 16.3. The number of aromatic hydroxyl groups is 2. The lowest BCUT2D eigenvalue weighted by Crippen LogP contribution is -2.22. The maximum atomic E-state index is 12.1. The number of carbonyl (C=O) groups is 1. The minimum absolute atomic E-state index is 0.0524. The van der Waals surface area contributed by atoms with Gasteiger partial charge in [0.2, 0.25) is 0 Å². The highest BCUT2D eigenvalue weighted by molar-refractivity contribution is 6.26. The molecule has 6 heteroatoms. The number of hydrazone groups is 1. The van der Waals surface area contributed by atoms with E-state index in [4.69, 9.17) is 5.26 Å². The van der Waals surface area contributed by atoms with E-state index in [0.717, 1.165) is 0 Å². The lowest BCUT2D eigenvalue weighted by atomic mass is 10.1. The first-order chi connectivity index (χ1) is 9.52. The SMILES string of the molecule is CC1=NN(CCC#N)C(=O)/C1=C\c1ccc(O)cc1O. The molecule has 0 unspecified atom stereocenters. The number of hydrogen-bond donors (Lipinski definition) is 2. The van der Waals surface area contributed by atoms with Crippen LogP contribution < -0.4 is 0 Å². The monoisotopic (exact) mass is 271 g/mol. The van der Waals surface area contributed by atoms with Gasteiger partial charge in [-0.3, -0.25) is 4.79 Å². The van der Waals surface area contributed by atoms with Gasteiger partial charge >= 0.3 is 0 Å². The van der Waals surface area contributed by atoms with E-state index >= 15 is 0 Å². The van der Waals surface area contributed by atoms with Crippen molar-refractivity contribution in [2.45, 2.75) is 13.3 Å². The molecule has 0 saturated heterocycles. The topological polar surface area (TPSA) is 96.9 Å². The number of phenolic OH excluding ortho intramolecular Hbond substituents is 2. The van der Waals surface area contributed by atoms with Gasteiger partial charge in [-0.15, -0.1) is 0 Å². The van der Waals surface area contributed by atoms with Crippen molar-refractivity contribution in [3.05, 3.63) is 29.3 Å². The Hall–Kier alpha value is -2.81. The van der Waals surface area contributed by atoms with Gasteiger partial charge in [-0.05, 0) is 25.1 Å². The quantitative estimate of drug-likeness (QED) is 0.816. The van der Waals surface area contributed by atoms with Crippen molar-refractivity contribution in [3.63, 3.8) is 0 Å². The van der Waals surface area contributed by atoms with Crippen LogP contribution in [-0.4, -0.2) is 33.4 Å². The fourth-order valence-corrected chi connectivity index (χ4v) is 1.86. The van der Waals surface area contributed by atoms with Crippen molar-refractivity contribution in [3.8, 4) is 17.6 Å². The highest BCUT2D eigenvalue weighted by Gasteiger charge is 2.27. The van der Waals surface area contributed by atoms with Crippen LogP contribution >= 0.6 is 0 Å². The van der Waals surface area contributed by atoms with Gasteiger partial charge in [-0.25, -0.2) is 5.01 Å². The first-order valence-corrected chi connectivity index (χ1v) is 6.01. The van der Waals surface area contributed by atoms with E-state index < -0.39 is 0 Å². The molecule has 6 nitrogen and oxygen atoms in total. The third-order valence-corrected chi connectivity index (χ3v) is 2.87. The van der Waals surface area contributed by atoms with Gasteiger partial charge in [0.15, 0.2) is 0 Å². The van der Waals surface area contributed by atoms with Crippen molar-refractivity contribution < 1.29 is 15.0 Å². The van der Waals surface area contributed by atoms with Crippen LogP contribution in [0.5, 0.6) is 11.5 Å². The molecule has 2 rings (SSSR count). The van der Waals surface area contributed by atoms with Crippen LogP contribution in [0.3, 0.4) is 0 Å². The lowest BCUT2D eigenvalue weighted by Gasteiger charge is -2.08. The van der Waals surface area contributed by atoms with Gasteiger partial charge in [-0.1, -0.05) is 0 Å². The van der Waals surface area contributed by atoms with Crippen molar-refractivity contribution in [1.29, 1.82) is 5.26 Å². The Labute approximate surface area is 115 Å². The Kier molecular flexibility index (Phi) is 3.71. The molecule has 0 aliphatic carbocycles. The zero-order valence-electron chi connectivity index (χ0n) is 10.9. The smallest absolute Gasteiger partial charge is 0.275 e. The number of rotatable bonds is 3. The van der Waals surface area contributed by atoms with Crippen LogP contribution in [0.25, 0.3) is 6.08 Å². The van der Waals surface area contributed by atoms with E-state index in [0.29, 0.717) is 16.8 Å². The van der Waals surface area contributed by atoms with E-state index in [1.54, 1.807) is 6.92 Å². The third kappa shape index (κ3) is 2.62. The van der Waals surface area contributed by atoms with Crippen molar-refractivity contribution in [2.24, 2.45) is 5.10 Å². The number of carbonyl (C=O) groups excluding carboxylic acids is 1. The number of nitrogens with zero attached hydrogens (tertiary/aromatic N) is 3. The van der Waals surface area contributed by atoms with Crippen LogP contribution in [0.4, 0.5) is 0 Å². The molecule has 2 N–H and O–H groups in total. The highest BCUT2D eigenvalue weighted by Crippen LogP contribution is 2.26. The third-order valence-electron chi connectivity index (χ3n) is 2.87. The molecule has 1 amide bonds. The average Bonchev–Trinajstić information content (AvgIpc) is 2.66. The molecule has 1 aliphatic rings. The summed E-state index contributed by atoms with van der Waals surface area (Å²) in [6.07, 6.45) is 1.72. The second-order valence-corrected chi connectivity index (χ2v) is 4.32. The molecular weight excluding hydrogens is 258 g/mol. The van der Waals surface area contributed by atoms with Gasteiger partial charge in [0.05, 0.1) is 30.3 Å². The summed E-state index contributed by atoms with van der Waals surface area (Å²) >= 11 is 0. The average molecular weight is 271 g/mol. The maximum Gasteiger partial charge on any atom is 0.275 e. The minimum Gasteiger partial charge on any atom is -0.508 e. The summed E-state index contributed by atoms with van der Waals surface area (Å²) in [5.74, 6) is -0.470. The van der Waals surface area contributed by atoms with Crippen LogP contribution in [0.15, 0.2) is 28.9 Å². The Morgan fingerprint density at radius 1 is 1.45 bits per heavy atom. The van der Waals surface area contributed by atoms with Crippen LogP contribution in [0.2, 0.25) is 0 Å². The van der Waals surface area contributed by atoms with Crippen LogP contribution in [0.1, 0.15) is 18.9 Å². The minimum atomic E-state index is -0.301. The maximum absolute atomic E-state index is 12.1. The number of phenols is 2. The Balaban J connectivity index is 2.29. The van der Waals surface area contributed by atoms with Crippen LogP contribution in [-0.2, 0) is 4.79 Å². The molecule has 0 fully saturated rings. The van der Waals surface area contributed by atoms with Crippen LogP contribution in [0, 0.1) is 11.3 Å². The van der Waals surface area contributed by atoms with E-state index in [1.807, 2.05) is 6.07 Å². The first kappa shape index (κ1) is 13.6. The number of hydrogen-bond acceptors (Lipinski definition) is 5. The van der Waals surface area contributed by atoms with Gasteiger partial charge in [0, 0.05) is 11.6 Å². The molecule has 0 aromatic heterocycles. The molecule has 102 valence electrons. The van der Waals surface area contributed by atoms with Gasteiger partial charge in [-0.2, -0.15) is 10.4 Å². The molecule has 1 aliphatic heterocycles. The fraction of sp³-hybridized carbons (Fsp3) is 0.214. The summed E-state index contributed by atoms with van der Waals surface area (Å²) in [5.41, 5.74) is 1.31. The van der Waals surface area contributed by atoms with Gasteiger partial charge in [0.1, 0.15) is 11.5 Å². The largest absolute Gasteiger partial charge is 0.508 e. The molecule has 1 aromatic rings. The van der Waals surface area contributed by atoms with E-state index in [-0.39, 0.29) is 30.4 Å². The second-order valence-electron chi connectivity index (χ2n) is 4.32. The molecule has 20 heavy (non-hydrogen) atoms. The van der Waals surface area contributed by atoms with Crippen molar-refractivity contribution >= 4 is 17.7 Å². The zero-order valence-corrected chi connectivity index (χ0v) is 10.9. The number of amides is 1. The predicted octanol–water partition coefficient (Wildman–Crippen LogP) is 1.61. The second kappa shape index (κ2) is 5.45. The van der Waals surface area contributed by atoms with E-state index in [2.05, 4.69) is 5.10 Å². The molecule has 0 spiro atoms. The number of nitriles is 1. The predicted molar refractivity (Wildman–Crippen MR) is 72.8 cm³/mol. The molecule has 1 heterocycles.